The Hall–Kier alpha value is -0.430. The first-order valence-electron chi connectivity index (χ1n) is 6.78. The standard InChI is InChI=1S/C13H24N2O2S2/c1-4-11(3)10-15-19(16,17)13-7-6-12(18-13)8-9-14-5-2/h6-7,11,14-15H,4-5,8-10H2,1-3H3. The van der Waals surface area contributed by atoms with Crippen molar-refractivity contribution >= 4 is 21.4 Å². The molecule has 0 radical (unpaired) electrons. The van der Waals surface area contributed by atoms with E-state index in [1.807, 2.05) is 13.0 Å². The smallest absolute Gasteiger partial charge is 0.250 e. The fraction of sp³-hybridized carbons (Fsp3) is 0.692. The van der Waals surface area contributed by atoms with Gasteiger partial charge in [-0.1, -0.05) is 27.2 Å². The molecule has 19 heavy (non-hydrogen) atoms. The summed E-state index contributed by atoms with van der Waals surface area (Å²) in [6.45, 7) is 8.48. The molecule has 0 saturated carbocycles. The molecule has 0 amide bonds. The van der Waals surface area contributed by atoms with Crippen LogP contribution >= 0.6 is 11.3 Å². The Morgan fingerprint density at radius 3 is 2.68 bits per heavy atom. The second-order valence-corrected chi connectivity index (χ2v) is 7.85. The van der Waals surface area contributed by atoms with Gasteiger partial charge in [0, 0.05) is 11.4 Å². The van der Waals surface area contributed by atoms with Crippen molar-refractivity contribution in [1.29, 1.82) is 0 Å². The first-order chi connectivity index (χ1) is 8.99. The molecule has 4 nitrogen and oxygen atoms in total. The summed E-state index contributed by atoms with van der Waals surface area (Å²) in [6, 6.07) is 3.60. The summed E-state index contributed by atoms with van der Waals surface area (Å²) in [5, 5.41) is 3.23. The van der Waals surface area contributed by atoms with E-state index in [0.717, 1.165) is 30.8 Å². The first kappa shape index (κ1) is 16.6. The van der Waals surface area contributed by atoms with E-state index in [4.69, 9.17) is 0 Å². The van der Waals surface area contributed by atoms with Gasteiger partial charge >= 0.3 is 0 Å². The average Bonchev–Trinajstić information content (AvgIpc) is 2.86. The SMILES string of the molecule is CCNCCc1ccc(S(=O)(=O)NCC(C)CC)s1. The molecule has 1 rings (SSSR count). The van der Waals surface area contributed by atoms with Crippen LogP contribution in [-0.4, -0.2) is 28.1 Å². The van der Waals surface area contributed by atoms with Gasteiger partial charge < -0.3 is 5.32 Å². The Labute approximate surface area is 120 Å². The van der Waals surface area contributed by atoms with Crippen LogP contribution in [0, 0.1) is 5.92 Å². The van der Waals surface area contributed by atoms with Crippen LogP contribution in [0.1, 0.15) is 32.1 Å². The Kier molecular flexibility index (Phi) is 6.99. The summed E-state index contributed by atoms with van der Waals surface area (Å²) in [5.74, 6) is 0.364. The van der Waals surface area contributed by atoms with Crippen LogP contribution in [0.25, 0.3) is 0 Å². The van der Waals surface area contributed by atoms with Crippen LogP contribution in [-0.2, 0) is 16.4 Å². The molecular formula is C13H24N2O2S2. The normalized spacial score (nSPS) is 13.6. The van der Waals surface area contributed by atoms with E-state index >= 15 is 0 Å². The molecule has 1 aromatic heterocycles. The van der Waals surface area contributed by atoms with E-state index in [1.165, 1.54) is 11.3 Å². The van der Waals surface area contributed by atoms with E-state index < -0.39 is 10.0 Å². The maximum Gasteiger partial charge on any atom is 0.250 e. The maximum absolute atomic E-state index is 12.1. The van der Waals surface area contributed by atoms with Gasteiger partial charge in [0.05, 0.1) is 0 Å². The molecule has 110 valence electrons. The van der Waals surface area contributed by atoms with Gasteiger partial charge in [-0.25, -0.2) is 13.1 Å². The number of hydrogen-bond acceptors (Lipinski definition) is 4. The second-order valence-electron chi connectivity index (χ2n) is 4.69. The summed E-state index contributed by atoms with van der Waals surface area (Å²) in [7, 11) is -3.33. The van der Waals surface area contributed by atoms with Crippen molar-refractivity contribution in [2.75, 3.05) is 19.6 Å². The van der Waals surface area contributed by atoms with Gasteiger partial charge in [0.15, 0.2) is 0 Å². The Morgan fingerprint density at radius 1 is 1.32 bits per heavy atom. The van der Waals surface area contributed by atoms with Gasteiger partial charge in [-0.05, 0) is 37.6 Å². The van der Waals surface area contributed by atoms with Crippen molar-refractivity contribution in [2.45, 2.75) is 37.8 Å². The summed E-state index contributed by atoms with van der Waals surface area (Å²) >= 11 is 1.36. The van der Waals surface area contributed by atoms with Crippen molar-refractivity contribution in [3.63, 3.8) is 0 Å². The third-order valence-electron chi connectivity index (χ3n) is 3.02. The zero-order chi connectivity index (χ0) is 14.3. The number of rotatable bonds is 9. The molecule has 1 atom stereocenters. The largest absolute Gasteiger partial charge is 0.317 e. The molecule has 0 aliphatic heterocycles. The Balaban J connectivity index is 2.58. The monoisotopic (exact) mass is 304 g/mol. The highest BCUT2D eigenvalue weighted by Crippen LogP contribution is 2.21. The third kappa shape index (κ3) is 5.60. The van der Waals surface area contributed by atoms with Gasteiger partial charge in [-0.15, -0.1) is 11.3 Å². The Bertz CT molecular complexity index is 469. The molecule has 1 unspecified atom stereocenters. The highest BCUT2D eigenvalue weighted by Gasteiger charge is 2.17. The molecule has 1 heterocycles. The molecule has 0 aliphatic carbocycles. The molecule has 0 bridgehead atoms. The molecule has 2 N–H and O–H groups in total. The van der Waals surface area contributed by atoms with Crippen molar-refractivity contribution in [3.8, 4) is 0 Å². The van der Waals surface area contributed by atoms with Crippen molar-refractivity contribution in [3.05, 3.63) is 17.0 Å². The lowest BCUT2D eigenvalue weighted by molar-refractivity contribution is 0.529. The predicted molar refractivity (Wildman–Crippen MR) is 81.2 cm³/mol. The summed E-state index contributed by atoms with van der Waals surface area (Å²) in [5.41, 5.74) is 0. The van der Waals surface area contributed by atoms with Crippen molar-refractivity contribution in [1.82, 2.24) is 10.0 Å². The number of thiophene rings is 1. The number of sulfonamides is 1. The van der Waals surface area contributed by atoms with Crippen LogP contribution < -0.4 is 10.0 Å². The number of hydrogen-bond donors (Lipinski definition) is 2. The lowest BCUT2D eigenvalue weighted by atomic mass is 10.1. The van der Waals surface area contributed by atoms with Crippen molar-refractivity contribution < 1.29 is 8.42 Å². The topological polar surface area (TPSA) is 58.2 Å². The molecule has 0 aliphatic rings. The quantitative estimate of drug-likeness (QED) is 0.688. The van der Waals surface area contributed by atoms with E-state index in [9.17, 15) is 8.42 Å². The highest BCUT2D eigenvalue weighted by atomic mass is 32.2. The molecular weight excluding hydrogens is 280 g/mol. The van der Waals surface area contributed by atoms with Gasteiger partial charge in [0.1, 0.15) is 4.21 Å². The number of nitrogens with one attached hydrogen (secondary N) is 2. The summed E-state index contributed by atoms with van der Waals surface area (Å²) in [4.78, 5) is 1.10. The molecule has 0 spiro atoms. The van der Waals surface area contributed by atoms with Gasteiger partial charge in [0.25, 0.3) is 0 Å². The second kappa shape index (κ2) is 7.99. The molecule has 0 aromatic carbocycles. The van der Waals surface area contributed by atoms with Gasteiger partial charge in [0.2, 0.25) is 10.0 Å². The summed E-state index contributed by atoms with van der Waals surface area (Å²) in [6.07, 6.45) is 1.85. The highest BCUT2D eigenvalue weighted by molar-refractivity contribution is 7.91. The van der Waals surface area contributed by atoms with Crippen LogP contribution in [0.3, 0.4) is 0 Å². The minimum Gasteiger partial charge on any atom is -0.317 e. The molecule has 0 fully saturated rings. The fourth-order valence-electron chi connectivity index (χ4n) is 1.49. The number of likely N-dealkylation sites (N-methyl/N-ethyl adjacent to an activating group) is 1. The minimum atomic E-state index is -3.33. The van der Waals surface area contributed by atoms with Crippen LogP contribution in [0.15, 0.2) is 16.3 Å². The zero-order valence-corrected chi connectivity index (χ0v) is 13.5. The van der Waals surface area contributed by atoms with E-state index in [-0.39, 0.29) is 0 Å². The van der Waals surface area contributed by atoms with E-state index in [1.54, 1.807) is 6.07 Å². The van der Waals surface area contributed by atoms with E-state index in [0.29, 0.717) is 16.7 Å². The molecule has 0 saturated heterocycles. The average molecular weight is 304 g/mol. The summed E-state index contributed by atoms with van der Waals surface area (Å²) < 4.78 is 27.3. The maximum atomic E-state index is 12.1. The zero-order valence-electron chi connectivity index (χ0n) is 11.9. The van der Waals surface area contributed by atoms with Crippen LogP contribution in [0.2, 0.25) is 0 Å². The lowest BCUT2D eigenvalue weighted by Gasteiger charge is -2.09. The lowest BCUT2D eigenvalue weighted by Crippen LogP contribution is -2.27. The Morgan fingerprint density at radius 2 is 2.05 bits per heavy atom. The fourth-order valence-corrected chi connectivity index (χ4v) is 4.06. The van der Waals surface area contributed by atoms with E-state index in [2.05, 4.69) is 23.9 Å². The van der Waals surface area contributed by atoms with Gasteiger partial charge in [-0.2, -0.15) is 0 Å². The van der Waals surface area contributed by atoms with Crippen LogP contribution in [0.5, 0.6) is 0 Å². The first-order valence-corrected chi connectivity index (χ1v) is 9.08. The third-order valence-corrected chi connectivity index (χ3v) is 6.08. The van der Waals surface area contributed by atoms with Crippen molar-refractivity contribution in [2.24, 2.45) is 5.92 Å². The molecule has 1 aromatic rings. The van der Waals surface area contributed by atoms with Crippen LogP contribution in [0.4, 0.5) is 0 Å². The predicted octanol–water partition coefficient (Wildman–Crippen LogP) is 2.22. The van der Waals surface area contributed by atoms with Gasteiger partial charge in [-0.3, -0.25) is 0 Å². The minimum absolute atomic E-state index is 0.364. The molecule has 6 heteroatoms.